The molecule has 2 aromatic carbocycles. The van der Waals surface area contributed by atoms with Crippen molar-refractivity contribution < 1.29 is 8.42 Å². The van der Waals surface area contributed by atoms with E-state index < -0.39 is 10.0 Å². The van der Waals surface area contributed by atoms with E-state index in [0.29, 0.717) is 18.0 Å². The molecule has 4 heteroatoms. The van der Waals surface area contributed by atoms with Crippen LogP contribution in [0.25, 0.3) is 0 Å². The number of benzene rings is 2. The lowest BCUT2D eigenvalue weighted by Crippen LogP contribution is -2.25. The van der Waals surface area contributed by atoms with Crippen LogP contribution in [-0.4, -0.2) is 12.7 Å². The molecule has 128 valence electrons. The summed E-state index contributed by atoms with van der Waals surface area (Å²) < 4.78 is 27.3. The van der Waals surface area contributed by atoms with Crippen LogP contribution in [0, 0.1) is 12.3 Å². The lowest BCUT2D eigenvalue weighted by atomic mass is 9.87. The minimum absolute atomic E-state index is 0.223. The normalized spacial score (nSPS) is 15.5. The van der Waals surface area contributed by atoms with Crippen molar-refractivity contribution in [1.29, 1.82) is 0 Å². The predicted octanol–water partition coefficient (Wildman–Crippen LogP) is 4.29. The van der Waals surface area contributed by atoms with E-state index in [4.69, 9.17) is 0 Å². The topological polar surface area (TPSA) is 37.4 Å². The zero-order chi connectivity index (χ0) is 17.5. The second-order valence-electron chi connectivity index (χ2n) is 7.93. The smallest absolute Gasteiger partial charge is 0.207 e. The molecule has 0 saturated heterocycles. The van der Waals surface area contributed by atoms with Gasteiger partial charge in [-0.15, -0.1) is 0 Å². The molecule has 0 amide bonds. The first-order chi connectivity index (χ1) is 11.1. The van der Waals surface area contributed by atoms with Gasteiger partial charge in [-0.3, -0.25) is 0 Å². The molecule has 1 aliphatic rings. The molecule has 0 bridgehead atoms. The van der Waals surface area contributed by atoms with Crippen molar-refractivity contribution in [2.24, 2.45) is 5.41 Å². The van der Waals surface area contributed by atoms with Crippen molar-refractivity contribution in [2.45, 2.75) is 52.1 Å². The van der Waals surface area contributed by atoms with Crippen LogP contribution in [-0.2, 0) is 29.5 Å². The molecule has 0 atom stereocenters. The molecule has 0 aromatic heterocycles. The molecule has 0 radical (unpaired) electrons. The van der Waals surface area contributed by atoms with Crippen LogP contribution in [0.1, 0.15) is 43.0 Å². The van der Waals surface area contributed by atoms with Crippen LogP contribution in [0.2, 0.25) is 0 Å². The van der Waals surface area contributed by atoms with E-state index in [2.05, 4.69) is 39.0 Å². The van der Waals surface area contributed by atoms with Gasteiger partial charge in [0.05, 0.1) is 4.90 Å². The fourth-order valence-corrected chi connectivity index (χ4v) is 4.56. The Morgan fingerprint density at radius 1 is 0.958 bits per heavy atom. The molecule has 0 spiro atoms. The van der Waals surface area contributed by atoms with Gasteiger partial charge >= 0.3 is 0 Å². The van der Waals surface area contributed by atoms with Crippen molar-refractivity contribution in [2.75, 3.05) is 0 Å². The molecule has 3 nitrogen and oxygen atoms in total. The van der Waals surface area contributed by atoms with Crippen molar-refractivity contribution in [1.82, 2.24) is 4.31 Å². The summed E-state index contributed by atoms with van der Waals surface area (Å²) in [7, 11) is -3.44. The molecule has 1 heterocycles. The minimum atomic E-state index is -3.44. The molecule has 2 aromatic rings. The van der Waals surface area contributed by atoms with E-state index >= 15 is 0 Å². The van der Waals surface area contributed by atoms with Gasteiger partial charge < -0.3 is 0 Å². The van der Waals surface area contributed by atoms with Gasteiger partial charge in [-0.05, 0) is 47.6 Å². The van der Waals surface area contributed by atoms with Gasteiger partial charge in [-0.2, -0.15) is 4.31 Å². The summed E-state index contributed by atoms with van der Waals surface area (Å²) in [5.74, 6) is 0. The summed E-state index contributed by atoms with van der Waals surface area (Å²) in [5, 5.41) is 0. The van der Waals surface area contributed by atoms with E-state index in [9.17, 15) is 8.42 Å². The monoisotopic (exact) mass is 343 g/mol. The largest absolute Gasteiger partial charge is 0.243 e. The molecule has 0 saturated carbocycles. The van der Waals surface area contributed by atoms with Crippen LogP contribution in [0.15, 0.2) is 47.4 Å². The first-order valence-corrected chi connectivity index (χ1v) is 9.77. The van der Waals surface area contributed by atoms with Crippen LogP contribution in [0.3, 0.4) is 0 Å². The van der Waals surface area contributed by atoms with Gasteiger partial charge in [0.2, 0.25) is 10.0 Å². The Hall–Kier alpha value is -1.65. The highest BCUT2D eigenvalue weighted by molar-refractivity contribution is 7.89. The summed E-state index contributed by atoms with van der Waals surface area (Å²) in [6.07, 6.45) is 0.991. The summed E-state index contributed by atoms with van der Waals surface area (Å²) in [6.45, 7) is 9.53. The highest BCUT2D eigenvalue weighted by Gasteiger charge is 2.30. The Kier molecular flexibility index (Phi) is 4.30. The fourth-order valence-electron chi connectivity index (χ4n) is 3.17. The number of aryl methyl sites for hydroxylation is 1. The average Bonchev–Trinajstić information content (AvgIpc) is 2.90. The number of hydrogen-bond acceptors (Lipinski definition) is 2. The molecule has 0 unspecified atom stereocenters. The van der Waals surface area contributed by atoms with E-state index in [1.807, 2.05) is 19.1 Å². The third-order valence-corrected chi connectivity index (χ3v) is 6.16. The van der Waals surface area contributed by atoms with Crippen LogP contribution in [0.4, 0.5) is 0 Å². The minimum Gasteiger partial charge on any atom is -0.207 e. The van der Waals surface area contributed by atoms with E-state index in [-0.39, 0.29) is 5.41 Å². The maximum Gasteiger partial charge on any atom is 0.243 e. The molecule has 0 fully saturated rings. The summed E-state index contributed by atoms with van der Waals surface area (Å²) in [4.78, 5) is 0.371. The molecular formula is C20H25NO2S. The number of hydrogen-bond donors (Lipinski definition) is 0. The third-order valence-electron chi connectivity index (χ3n) is 4.36. The Labute approximate surface area is 145 Å². The zero-order valence-electron chi connectivity index (χ0n) is 14.8. The van der Waals surface area contributed by atoms with Crippen molar-refractivity contribution in [3.05, 3.63) is 64.7 Å². The number of sulfonamides is 1. The fraction of sp³-hybridized carbons (Fsp3) is 0.400. The maximum absolute atomic E-state index is 12.9. The van der Waals surface area contributed by atoms with Crippen molar-refractivity contribution in [3.8, 4) is 0 Å². The first kappa shape index (κ1) is 17.2. The van der Waals surface area contributed by atoms with Gasteiger partial charge in [0.15, 0.2) is 0 Å². The Bertz CT molecular complexity index is 846. The van der Waals surface area contributed by atoms with Gasteiger partial charge in [-0.1, -0.05) is 56.7 Å². The Morgan fingerprint density at radius 3 is 2.21 bits per heavy atom. The van der Waals surface area contributed by atoms with Crippen molar-refractivity contribution >= 4 is 10.0 Å². The highest BCUT2D eigenvalue weighted by Crippen LogP contribution is 2.31. The standard InChI is InChI=1S/C20H25NO2S/c1-15-5-9-19(10-6-15)24(22,23)21-13-17-8-7-16(11-18(17)14-21)12-20(2,3)4/h5-11H,12-14H2,1-4H3. The second kappa shape index (κ2) is 6.01. The van der Waals surface area contributed by atoms with E-state index in [1.165, 1.54) is 5.56 Å². The summed E-state index contributed by atoms with van der Waals surface area (Å²) in [5.41, 5.74) is 4.80. The van der Waals surface area contributed by atoms with Crippen LogP contribution >= 0.6 is 0 Å². The molecule has 3 rings (SSSR count). The lowest BCUT2D eigenvalue weighted by molar-refractivity contribution is 0.411. The van der Waals surface area contributed by atoms with Crippen LogP contribution in [0.5, 0.6) is 0 Å². The zero-order valence-corrected chi connectivity index (χ0v) is 15.7. The SMILES string of the molecule is Cc1ccc(S(=O)(=O)N2Cc3ccc(CC(C)(C)C)cc3C2)cc1. The van der Waals surface area contributed by atoms with Gasteiger partial charge in [-0.25, -0.2) is 8.42 Å². The highest BCUT2D eigenvalue weighted by atomic mass is 32.2. The molecular weight excluding hydrogens is 318 g/mol. The number of rotatable bonds is 3. The Morgan fingerprint density at radius 2 is 1.58 bits per heavy atom. The second-order valence-corrected chi connectivity index (χ2v) is 9.86. The van der Waals surface area contributed by atoms with Gasteiger partial charge in [0.1, 0.15) is 0 Å². The van der Waals surface area contributed by atoms with E-state index in [1.54, 1.807) is 16.4 Å². The summed E-state index contributed by atoms with van der Waals surface area (Å²) in [6, 6.07) is 13.5. The average molecular weight is 343 g/mol. The van der Waals surface area contributed by atoms with Gasteiger partial charge in [0.25, 0.3) is 0 Å². The molecule has 0 N–H and O–H groups in total. The van der Waals surface area contributed by atoms with Crippen LogP contribution < -0.4 is 0 Å². The predicted molar refractivity (Wildman–Crippen MR) is 97.2 cm³/mol. The maximum atomic E-state index is 12.9. The molecule has 1 aliphatic heterocycles. The van der Waals surface area contributed by atoms with E-state index in [0.717, 1.165) is 23.1 Å². The molecule has 24 heavy (non-hydrogen) atoms. The number of nitrogens with zero attached hydrogens (tertiary/aromatic N) is 1. The number of fused-ring (bicyclic) bond motifs is 1. The Balaban J connectivity index is 1.84. The summed E-state index contributed by atoms with van der Waals surface area (Å²) >= 11 is 0. The lowest BCUT2D eigenvalue weighted by Gasteiger charge is -2.18. The third kappa shape index (κ3) is 3.55. The first-order valence-electron chi connectivity index (χ1n) is 8.33. The molecule has 0 aliphatic carbocycles. The van der Waals surface area contributed by atoms with Gasteiger partial charge in [0, 0.05) is 13.1 Å². The van der Waals surface area contributed by atoms with Crippen molar-refractivity contribution in [3.63, 3.8) is 0 Å². The quantitative estimate of drug-likeness (QED) is 0.834.